The predicted octanol–water partition coefficient (Wildman–Crippen LogP) is 2.23. The monoisotopic (exact) mass is 298 g/mol. The van der Waals surface area contributed by atoms with Crippen molar-refractivity contribution in [2.75, 3.05) is 24.2 Å². The molecule has 0 N–H and O–H groups in total. The molecule has 0 amide bonds. The number of para-hydroxylation sites is 1. The highest BCUT2D eigenvalue weighted by atomic mass is 32.2. The third-order valence-electron chi connectivity index (χ3n) is 3.68. The van der Waals surface area contributed by atoms with Crippen molar-refractivity contribution in [3.63, 3.8) is 0 Å². The van der Waals surface area contributed by atoms with Gasteiger partial charge in [-0.3, -0.25) is 10.1 Å². The number of nitro groups is 1. The second kappa shape index (κ2) is 5.40. The Morgan fingerprint density at radius 3 is 2.40 bits per heavy atom. The number of benzene rings is 1. The normalized spacial score (nSPS) is 17.2. The molecule has 0 aromatic heterocycles. The number of hydrogen-bond donors (Lipinski definition) is 0. The molecule has 20 heavy (non-hydrogen) atoms. The smallest absolute Gasteiger partial charge is 0.311 e. The van der Waals surface area contributed by atoms with Crippen molar-refractivity contribution < 1.29 is 13.3 Å². The molecule has 0 bridgehead atoms. The maximum atomic E-state index is 11.7. The molecule has 0 unspecified atom stereocenters. The molecular formula is C13H18N2O4S. The first-order valence-corrected chi connectivity index (χ1v) is 8.42. The molecule has 1 aromatic carbocycles. The van der Waals surface area contributed by atoms with E-state index in [1.165, 1.54) is 6.07 Å². The SMILES string of the molecule is CC1CCN(c2cccc(S(C)(=O)=O)c2[N+](=O)[O-])CC1. The Labute approximate surface area is 118 Å². The lowest BCUT2D eigenvalue weighted by Gasteiger charge is -2.31. The van der Waals surface area contributed by atoms with E-state index in [0.717, 1.165) is 32.2 Å². The van der Waals surface area contributed by atoms with Crippen LogP contribution in [0.1, 0.15) is 19.8 Å². The van der Waals surface area contributed by atoms with Crippen molar-refractivity contribution in [1.29, 1.82) is 0 Å². The average Bonchev–Trinajstić information content (AvgIpc) is 2.37. The largest absolute Gasteiger partial charge is 0.366 e. The first-order chi connectivity index (χ1) is 9.30. The maximum absolute atomic E-state index is 11.7. The summed E-state index contributed by atoms with van der Waals surface area (Å²) in [5, 5.41) is 11.3. The second-order valence-corrected chi connectivity index (χ2v) is 7.31. The third kappa shape index (κ3) is 2.92. The fourth-order valence-electron chi connectivity index (χ4n) is 2.50. The molecule has 0 radical (unpaired) electrons. The Morgan fingerprint density at radius 2 is 1.90 bits per heavy atom. The summed E-state index contributed by atoms with van der Waals surface area (Å²) in [5.41, 5.74) is 0.106. The number of nitro benzene ring substituents is 1. The molecule has 7 heteroatoms. The van der Waals surface area contributed by atoms with E-state index in [-0.39, 0.29) is 10.6 Å². The summed E-state index contributed by atoms with van der Waals surface area (Å²) in [6, 6.07) is 4.49. The summed E-state index contributed by atoms with van der Waals surface area (Å²) in [6.07, 6.45) is 2.91. The second-order valence-electron chi connectivity index (χ2n) is 5.32. The first kappa shape index (κ1) is 14.8. The standard InChI is InChI=1S/C13H18N2O4S/c1-10-6-8-14(9-7-10)11-4-3-5-12(20(2,18)19)13(11)15(16)17/h3-5,10H,6-9H2,1-2H3. The van der Waals surface area contributed by atoms with E-state index >= 15 is 0 Å². The van der Waals surface area contributed by atoms with Gasteiger partial charge in [0, 0.05) is 19.3 Å². The minimum atomic E-state index is -3.62. The van der Waals surface area contributed by atoms with Gasteiger partial charge in [0.25, 0.3) is 0 Å². The minimum Gasteiger partial charge on any atom is -0.366 e. The molecule has 0 saturated carbocycles. The highest BCUT2D eigenvalue weighted by molar-refractivity contribution is 7.90. The lowest BCUT2D eigenvalue weighted by atomic mass is 9.98. The Kier molecular flexibility index (Phi) is 3.99. The van der Waals surface area contributed by atoms with Crippen LogP contribution in [-0.2, 0) is 9.84 Å². The number of nitrogens with zero attached hydrogens (tertiary/aromatic N) is 2. The van der Waals surface area contributed by atoms with Crippen LogP contribution in [-0.4, -0.2) is 32.7 Å². The molecule has 0 spiro atoms. The Balaban J connectivity index is 2.51. The number of piperidine rings is 1. The number of rotatable bonds is 3. The van der Waals surface area contributed by atoms with Gasteiger partial charge in [-0.15, -0.1) is 0 Å². The lowest BCUT2D eigenvalue weighted by Crippen LogP contribution is -2.33. The molecule has 1 fully saturated rings. The highest BCUT2D eigenvalue weighted by Crippen LogP contribution is 2.36. The van der Waals surface area contributed by atoms with Crippen molar-refractivity contribution in [2.24, 2.45) is 5.92 Å². The Morgan fingerprint density at radius 1 is 1.30 bits per heavy atom. The zero-order valence-corrected chi connectivity index (χ0v) is 12.4. The van der Waals surface area contributed by atoms with Gasteiger partial charge in [0.05, 0.1) is 4.92 Å². The molecule has 0 aliphatic carbocycles. The summed E-state index contributed by atoms with van der Waals surface area (Å²) < 4.78 is 23.4. The van der Waals surface area contributed by atoms with E-state index in [0.29, 0.717) is 11.6 Å². The molecule has 1 saturated heterocycles. The minimum absolute atomic E-state index is 0.210. The van der Waals surface area contributed by atoms with Crippen LogP contribution in [0, 0.1) is 16.0 Å². The third-order valence-corrected chi connectivity index (χ3v) is 4.81. The van der Waals surface area contributed by atoms with Crippen molar-refractivity contribution >= 4 is 21.2 Å². The van der Waals surface area contributed by atoms with Crippen LogP contribution in [0.3, 0.4) is 0 Å². The molecular weight excluding hydrogens is 280 g/mol. The van der Waals surface area contributed by atoms with Crippen LogP contribution in [0.4, 0.5) is 11.4 Å². The van der Waals surface area contributed by atoms with Gasteiger partial charge in [-0.05, 0) is 30.9 Å². The van der Waals surface area contributed by atoms with Crippen LogP contribution in [0.2, 0.25) is 0 Å². The van der Waals surface area contributed by atoms with E-state index in [1.54, 1.807) is 12.1 Å². The maximum Gasteiger partial charge on any atom is 0.311 e. The molecule has 2 rings (SSSR count). The summed E-state index contributed by atoms with van der Waals surface area (Å²) >= 11 is 0. The summed E-state index contributed by atoms with van der Waals surface area (Å²) in [4.78, 5) is 12.4. The van der Waals surface area contributed by atoms with Crippen molar-refractivity contribution in [2.45, 2.75) is 24.7 Å². The number of hydrogen-bond acceptors (Lipinski definition) is 5. The molecule has 0 atom stereocenters. The molecule has 110 valence electrons. The Bertz CT molecular complexity index is 619. The van der Waals surface area contributed by atoms with E-state index in [4.69, 9.17) is 0 Å². The fourth-order valence-corrected chi connectivity index (χ4v) is 3.35. The predicted molar refractivity (Wildman–Crippen MR) is 76.8 cm³/mol. The van der Waals surface area contributed by atoms with Crippen molar-refractivity contribution in [3.8, 4) is 0 Å². The van der Waals surface area contributed by atoms with Crippen LogP contribution in [0.25, 0.3) is 0 Å². The summed E-state index contributed by atoms with van der Waals surface area (Å²) in [5.74, 6) is 0.600. The molecule has 1 aliphatic rings. The molecule has 1 aromatic rings. The van der Waals surface area contributed by atoms with Gasteiger partial charge in [-0.25, -0.2) is 8.42 Å². The molecule has 1 aliphatic heterocycles. The van der Waals surface area contributed by atoms with Crippen LogP contribution >= 0.6 is 0 Å². The number of anilines is 1. The lowest BCUT2D eigenvalue weighted by molar-refractivity contribution is -0.387. The van der Waals surface area contributed by atoms with Crippen molar-refractivity contribution in [3.05, 3.63) is 28.3 Å². The number of sulfone groups is 1. The van der Waals surface area contributed by atoms with E-state index in [2.05, 4.69) is 6.92 Å². The van der Waals surface area contributed by atoms with Gasteiger partial charge in [-0.1, -0.05) is 13.0 Å². The van der Waals surface area contributed by atoms with Gasteiger partial charge in [-0.2, -0.15) is 0 Å². The topological polar surface area (TPSA) is 80.5 Å². The first-order valence-electron chi connectivity index (χ1n) is 6.53. The Hall–Kier alpha value is -1.63. The average molecular weight is 298 g/mol. The summed E-state index contributed by atoms with van der Waals surface area (Å²) in [7, 11) is -3.62. The van der Waals surface area contributed by atoms with Gasteiger partial charge >= 0.3 is 5.69 Å². The zero-order valence-electron chi connectivity index (χ0n) is 11.6. The van der Waals surface area contributed by atoms with Crippen LogP contribution in [0.5, 0.6) is 0 Å². The van der Waals surface area contributed by atoms with Crippen LogP contribution in [0.15, 0.2) is 23.1 Å². The zero-order chi connectivity index (χ0) is 14.9. The van der Waals surface area contributed by atoms with Crippen LogP contribution < -0.4 is 4.90 Å². The van der Waals surface area contributed by atoms with E-state index < -0.39 is 14.8 Å². The molecule has 6 nitrogen and oxygen atoms in total. The van der Waals surface area contributed by atoms with Gasteiger partial charge in [0.2, 0.25) is 0 Å². The van der Waals surface area contributed by atoms with E-state index in [1.807, 2.05) is 4.90 Å². The highest BCUT2D eigenvalue weighted by Gasteiger charge is 2.29. The quantitative estimate of drug-likeness (QED) is 0.631. The van der Waals surface area contributed by atoms with E-state index in [9.17, 15) is 18.5 Å². The van der Waals surface area contributed by atoms with Gasteiger partial charge < -0.3 is 4.90 Å². The van der Waals surface area contributed by atoms with Gasteiger partial charge in [0.1, 0.15) is 10.6 Å². The summed E-state index contributed by atoms with van der Waals surface area (Å²) in [6.45, 7) is 3.59. The van der Waals surface area contributed by atoms with Crippen molar-refractivity contribution in [1.82, 2.24) is 0 Å². The molecule has 1 heterocycles. The fraction of sp³-hybridized carbons (Fsp3) is 0.538. The van der Waals surface area contributed by atoms with Gasteiger partial charge in [0.15, 0.2) is 9.84 Å².